The molecule has 32 heavy (non-hydrogen) atoms. The van der Waals surface area contributed by atoms with Crippen LogP contribution in [0, 0.1) is 17.8 Å². The summed E-state index contributed by atoms with van der Waals surface area (Å²) in [4.78, 5) is 11.2. The van der Waals surface area contributed by atoms with Crippen LogP contribution in [-0.2, 0) is 37.0 Å². The molecule has 0 N–H and O–H groups in total. The number of esters is 1. The van der Waals surface area contributed by atoms with E-state index in [2.05, 4.69) is 20.8 Å². The molecule has 0 amide bonds. The maximum Gasteiger partial charge on any atom is 0.501 e. The van der Waals surface area contributed by atoms with Crippen molar-refractivity contribution in [3.8, 4) is 0 Å². The second-order valence-corrected chi connectivity index (χ2v) is 11.9. The third-order valence-corrected chi connectivity index (χ3v) is 9.84. The normalized spacial score (nSPS) is 33.5. The van der Waals surface area contributed by atoms with Crippen molar-refractivity contribution in [2.75, 3.05) is 46.2 Å². The van der Waals surface area contributed by atoms with Crippen LogP contribution in [0.2, 0.25) is 6.04 Å². The van der Waals surface area contributed by atoms with Crippen molar-refractivity contribution in [1.82, 2.24) is 0 Å². The summed E-state index contributed by atoms with van der Waals surface area (Å²) in [6.07, 6.45) is 4.08. The van der Waals surface area contributed by atoms with Gasteiger partial charge in [-0.25, -0.2) is 0 Å². The lowest BCUT2D eigenvalue weighted by molar-refractivity contribution is -0.163. The number of ether oxygens (including phenoxy) is 4. The second kappa shape index (κ2) is 12.8. The van der Waals surface area contributed by atoms with E-state index in [1.54, 1.807) is 0 Å². The molecule has 0 radical (unpaired) electrons. The van der Waals surface area contributed by atoms with Gasteiger partial charge in [-0.1, -0.05) is 20.8 Å². The van der Waals surface area contributed by atoms with Gasteiger partial charge in [-0.3, -0.25) is 4.79 Å². The summed E-state index contributed by atoms with van der Waals surface area (Å²) in [6.45, 7) is 12.0. The fourth-order valence-electron chi connectivity index (χ4n) is 4.27. The van der Waals surface area contributed by atoms with Crippen molar-refractivity contribution in [2.24, 2.45) is 17.8 Å². The first-order valence-electron chi connectivity index (χ1n) is 12.4. The molecule has 0 aliphatic carbocycles. The minimum absolute atomic E-state index is 0.0826. The Morgan fingerprint density at radius 2 is 1.19 bits per heavy atom. The molecule has 0 aromatic heterocycles. The van der Waals surface area contributed by atoms with Gasteiger partial charge in [0.05, 0.1) is 64.6 Å². The van der Waals surface area contributed by atoms with Crippen molar-refractivity contribution in [2.45, 2.75) is 77.7 Å². The van der Waals surface area contributed by atoms with Crippen LogP contribution in [0.4, 0.5) is 0 Å². The zero-order valence-corrected chi connectivity index (χ0v) is 21.2. The quantitative estimate of drug-likeness (QED) is 0.192. The molecule has 9 heteroatoms. The molecule has 3 heterocycles. The maximum atomic E-state index is 11.2. The van der Waals surface area contributed by atoms with Gasteiger partial charge >= 0.3 is 14.8 Å². The predicted molar refractivity (Wildman–Crippen MR) is 120 cm³/mol. The molecule has 3 aliphatic rings. The van der Waals surface area contributed by atoms with E-state index in [4.69, 9.17) is 32.2 Å². The largest absolute Gasteiger partial charge is 0.501 e. The highest BCUT2D eigenvalue weighted by Gasteiger charge is 2.47. The lowest BCUT2D eigenvalue weighted by Crippen LogP contribution is -2.55. The molecule has 0 aromatic rings. The summed E-state index contributed by atoms with van der Waals surface area (Å²) in [7, 11) is -3.06. The third-order valence-electron chi connectivity index (χ3n) is 7.06. The Kier molecular flexibility index (Phi) is 10.4. The first-order valence-corrected chi connectivity index (χ1v) is 14.3. The number of carbonyl (C=O) groups excluding carboxylic acids is 1. The van der Waals surface area contributed by atoms with E-state index in [1.165, 1.54) is 6.92 Å². The second-order valence-electron chi connectivity index (χ2n) is 9.18. The van der Waals surface area contributed by atoms with Crippen molar-refractivity contribution in [3.63, 3.8) is 0 Å². The Bertz CT molecular complexity index is 510. The van der Waals surface area contributed by atoms with Crippen molar-refractivity contribution in [1.29, 1.82) is 0 Å². The monoisotopic (exact) mass is 474 g/mol. The van der Waals surface area contributed by atoms with E-state index < -0.39 is 8.80 Å². The summed E-state index contributed by atoms with van der Waals surface area (Å²) in [5, 5.41) is 0. The minimum Gasteiger partial charge on any atom is -0.466 e. The Morgan fingerprint density at radius 3 is 1.47 bits per heavy atom. The lowest BCUT2D eigenvalue weighted by atomic mass is 9.96. The van der Waals surface area contributed by atoms with Crippen molar-refractivity contribution >= 4 is 14.8 Å². The van der Waals surface area contributed by atoms with Crippen molar-refractivity contribution in [3.05, 3.63) is 0 Å². The van der Waals surface area contributed by atoms with Crippen molar-refractivity contribution < 1.29 is 37.0 Å². The average Bonchev–Trinajstić information content (AvgIpc) is 2.70. The van der Waals surface area contributed by atoms with Crippen LogP contribution >= 0.6 is 0 Å². The van der Waals surface area contributed by atoms with Crippen LogP contribution in [0.5, 0.6) is 0 Å². The van der Waals surface area contributed by atoms with Gasteiger partial charge in [-0.05, 0) is 25.7 Å². The molecule has 3 aliphatic heterocycles. The van der Waals surface area contributed by atoms with Gasteiger partial charge in [0.1, 0.15) is 0 Å². The molecule has 3 fully saturated rings. The summed E-state index contributed by atoms with van der Waals surface area (Å²) in [6, 6.07) is 0.580. The van der Waals surface area contributed by atoms with Crippen LogP contribution in [0.15, 0.2) is 0 Å². The van der Waals surface area contributed by atoms with Gasteiger partial charge in [0, 0.05) is 30.7 Å². The Hall–Kier alpha value is -0.553. The van der Waals surface area contributed by atoms with Crippen LogP contribution in [0.3, 0.4) is 0 Å². The SMILES string of the molecule is CCC1COC1CO[Si](CCCOC(C)=O)(OCC1OCC1CC)OCC1OCC1CC. The molecule has 0 spiro atoms. The zero-order valence-electron chi connectivity index (χ0n) is 20.2. The van der Waals surface area contributed by atoms with Crippen LogP contribution < -0.4 is 0 Å². The molecule has 0 aromatic carbocycles. The topological polar surface area (TPSA) is 81.7 Å². The summed E-state index contributed by atoms with van der Waals surface area (Å²) in [5.41, 5.74) is 0. The van der Waals surface area contributed by atoms with E-state index in [1.807, 2.05) is 0 Å². The highest BCUT2D eigenvalue weighted by Crippen LogP contribution is 2.31. The fourth-order valence-corrected chi connectivity index (χ4v) is 6.79. The molecule has 6 atom stereocenters. The van der Waals surface area contributed by atoms with Gasteiger partial charge in [-0.15, -0.1) is 0 Å². The first kappa shape index (κ1) is 26.1. The number of rotatable bonds is 16. The van der Waals surface area contributed by atoms with E-state index >= 15 is 0 Å². The molecule has 3 rings (SSSR count). The highest BCUT2D eigenvalue weighted by atomic mass is 28.4. The molecular formula is C23H42O8Si. The summed E-state index contributed by atoms with van der Waals surface area (Å²) >= 11 is 0. The summed E-state index contributed by atoms with van der Waals surface area (Å²) in [5.74, 6) is 1.26. The van der Waals surface area contributed by atoms with Gasteiger partial charge in [0.15, 0.2) is 0 Å². The predicted octanol–water partition coefficient (Wildman–Crippen LogP) is 3.20. The molecule has 6 unspecified atom stereocenters. The third kappa shape index (κ3) is 6.98. The van der Waals surface area contributed by atoms with Gasteiger partial charge in [0.2, 0.25) is 0 Å². The van der Waals surface area contributed by atoms with E-state index in [9.17, 15) is 4.79 Å². The van der Waals surface area contributed by atoms with Crippen LogP contribution in [0.25, 0.3) is 0 Å². The van der Waals surface area contributed by atoms with Gasteiger partial charge in [-0.2, -0.15) is 0 Å². The molecule has 0 bridgehead atoms. The van der Waals surface area contributed by atoms with Gasteiger partial charge in [0.25, 0.3) is 0 Å². The Balaban J connectivity index is 1.63. The molecular weight excluding hydrogens is 432 g/mol. The highest BCUT2D eigenvalue weighted by molar-refractivity contribution is 6.60. The number of hydrogen-bond donors (Lipinski definition) is 0. The number of carbonyl (C=O) groups is 1. The minimum atomic E-state index is -3.06. The molecule has 8 nitrogen and oxygen atoms in total. The zero-order chi connectivity index (χ0) is 23.0. The van der Waals surface area contributed by atoms with Crippen LogP contribution in [-0.4, -0.2) is 79.3 Å². The molecule has 3 saturated heterocycles. The van der Waals surface area contributed by atoms with Gasteiger partial charge < -0.3 is 32.2 Å². The Labute approximate surface area is 193 Å². The smallest absolute Gasteiger partial charge is 0.466 e. The maximum absolute atomic E-state index is 11.2. The standard InChI is InChI=1S/C23H42O8Si/c1-5-18-11-26-21(18)14-29-32(10-8-9-25-17(4)24,30-15-22-19(6-2)12-27-22)31-16-23-20(7-3)13-28-23/h18-23H,5-16H2,1-4H3. The van der Waals surface area contributed by atoms with E-state index in [0.717, 1.165) is 39.1 Å². The molecule has 186 valence electrons. The Morgan fingerprint density at radius 1 is 0.781 bits per heavy atom. The van der Waals surface area contributed by atoms with Crippen LogP contribution in [0.1, 0.15) is 53.4 Å². The first-order chi connectivity index (χ1) is 15.5. The fraction of sp³-hybridized carbons (Fsp3) is 0.957. The summed E-state index contributed by atoms with van der Waals surface area (Å²) < 4.78 is 41.8. The lowest BCUT2D eigenvalue weighted by Gasteiger charge is -2.42. The number of hydrogen-bond acceptors (Lipinski definition) is 8. The van der Waals surface area contributed by atoms with E-state index in [0.29, 0.717) is 56.6 Å². The van der Waals surface area contributed by atoms with E-state index in [-0.39, 0.29) is 24.3 Å². The average molecular weight is 475 g/mol. The molecule has 0 saturated carbocycles.